The summed E-state index contributed by atoms with van der Waals surface area (Å²) in [4.78, 5) is 9.97. The van der Waals surface area contributed by atoms with Crippen molar-refractivity contribution >= 4 is 5.97 Å². The van der Waals surface area contributed by atoms with Crippen LogP contribution in [0.4, 0.5) is 0 Å². The molecule has 0 radical (unpaired) electrons. The Hall–Kier alpha value is -1.69. The highest BCUT2D eigenvalue weighted by Crippen LogP contribution is 2.28. The fraction of sp³-hybridized carbons (Fsp3) is 0.706. The molecule has 0 aliphatic carbocycles. The Morgan fingerprint density at radius 2 is 1.52 bits per heavy atom. The molecule has 10 atom stereocenters. The van der Waals surface area contributed by atoms with Crippen LogP contribution in [0.25, 0.3) is 0 Å². The Morgan fingerprint density at radius 1 is 0.871 bits per heavy atom. The molecule has 3 heterocycles. The molecule has 14 nitrogen and oxygen atoms in total. The molecule has 9 N–H and O–H groups in total. The monoisotopic (exact) mass is 454 g/mol. The molecule has 0 spiro atoms. The average Bonchev–Trinajstić information content (AvgIpc) is 3.29. The van der Waals surface area contributed by atoms with E-state index in [1.807, 2.05) is 0 Å². The Kier molecular flexibility index (Phi) is 9.28. The molecule has 1 unspecified atom stereocenters. The first-order valence-electron chi connectivity index (χ1n) is 9.15. The summed E-state index contributed by atoms with van der Waals surface area (Å²) in [6.45, 7) is -1.35. The van der Waals surface area contributed by atoms with Gasteiger partial charge in [-0.15, -0.1) is 0 Å². The maximum Gasteiger partial charge on any atom is 0.371 e. The smallest absolute Gasteiger partial charge is 0.371 e. The normalized spacial score (nSPS) is 40.6. The summed E-state index contributed by atoms with van der Waals surface area (Å²) < 4.78 is 19.8. The predicted octanol–water partition coefficient (Wildman–Crippen LogP) is -4.42. The van der Waals surface area contributed by atoms with Gasteiger partial charge >= 0.3 is 5.97 Å². The zero-order valence-electron chi connectivity index (χ0n) is 16.0. The van der Waals surface area contributed by atoms with E-state index in [2.05, 4.69) is 4.42 Å². The predicted molar refractivity (Wildman–Crippen MR) is 94.3 cm³/mol. The fourth-order valence-corrected chi connectivity index (χ4v) is 2.97. The Balaban J connectivity index is 0.000000357. The van der Waals surface area contributed by atoms with Gasteiger partial charge < -0.3 is 64.6 Å². The highest BCUT2D eigenvalue weighted by atomic mass is 16.7. The third-order valence-electron chi connectivity index (χ3n) is 4.71. The van der Waals surface area contributed by atoms with Crippen molar-refractivity contribution in [3.05, 3.63) is 24.2 Å². The zero-order chi connectivity index (χ0) is 23.3. The summed E-state index contributed by atoms with van der Waals surface area (Å²) >= 11 is 0. The number of carbonyl (C=O) groups is 1. The van der Waals surface area contributed by atoms with Crippen molar-refractivity contribution < 1.29 is 69.4 Å². The van der Waals surface area contributed by atoms with Crippen molar-refractivity contribution in [1.82, 2.24) is 0 Å². The summed E-state index contributed by atoms with van der Waals surface area (Å²) in [5, 5.41) is 84.7. The van der Waals surface area contributed by atoms with Crippen molar-refractivity contribution in [2.75, 3.05) is 13.2 Å². The number of aliphatic hydroxyl groups is 8. The second kappa shape index (κ2) is 11.3. The van der Waals surface area contributed by atoms with E-state index in [0.29, 0.717) is 0 Å². The molecule has 178 valence electrons. The van der Waals surface area contributed by atoms with Gasteiger partial charge in [0.25, 0.3) is 0 Å². The summed E-state index contributed by atoms with van der Waals surface area (Å²) in [7, 11) is 0. The molecule has 0 saturated carbocycles. The second-order valence-corrected chi connectivity index (χ2v) is 6.81. The van der Waals surface area contributed by atoms with E-state index in [0.717, 1.165) is 0 Å². The number of ether oxygens (including phenoxy) is 3. The van der Waals surface area contributed by atoms with Crippen molar-refractivity contribution in [2.45, 2.75) is 61.4 Å². The second-order valence-electron chi connectivity index (χ2n) is 6.81. The molecular weight excluding hydrogens is 428 g/mol. The van der Waals surface area contributed by atoms with Crippen LogP contribution in [0.15, 0.2) is 22.8 Å². The van der Waals surface area contributed by atoms with E-state index in [1.54, 1.807) is 0 Å². The van der Waals surface area contributed by atoms with Gasteiger partial charge in [0.1, 0.15) is 48.8 Å². The van der Waals surface area contributed by atoms with Crippen LogP contribution < -0.4 is 0 Å². The van der Waals surface area contributed by atoms with Crippen molar-refractivity contribution in [2.24, 2.45) is 0 Å². The quantitative estimate of drug-likeness (QED) is 0.204. The number of carboxylic acids is 1. The molecule has 1 aromatic rings. The Labute approximate surface area is 175 Å². The van der Waals surface area contributed by atoms with Crippen molar-refractivity contribution in [3.63, 3.8) is 0 Å². The summed E-state index contributed by atoms with van der Waals surface area (Å²) in [5.41, 5.74) is 0. The van der Waals surface area contributed by atoms with Crippen LogP contribution in [0, 0.1) is 0 Å². The number of aromatic carboxylic acids is 1. The van der Waals surface area contributed by atoms with E-state index >= 15 is 0 Å². The SMILES string of the molecule is O=C(O)c1ccco1.OC[C@H]1O[C@@H](O[C@H]2[C@H](O)[C@@H](O)C(O)O[C@@H]2CO)[C@H](O)[C@@H](O)[C@H]1O. The highest BCUT2D eigenvalue weighted by Gasteiger charge is 2.50. The summed E-state index contributed by atoms with van der Waals surface area (Å²) in [6.07, 6.45) is -14.2. The van der Waals surface area contributed by atoms with Gasteiger partial charge in [-0.2, -0.15) is 0 Å². The molecule has 31 heavy (non-hydrogen) atoms. The molecule has 1 aromatic heterocycles. The third kappa shape index (κ3) is 5.97. The molecule has 0 aromatic carbocycles. The van der Waals surface area contributed by atoms with E-state index < -0.39 is 80.6 Å². The van der Waals surface area contributed by atoms with Crippen LogP contribution in [-0.2, 0) is 14.2 Å². The van der Waals surface area contributed by atoms with Crippen molar-refractivity contribution in [1.29, 1.82) is 0 Å². The summed E-state index contributed by atoms with van der Waals surface area (Å²) in [6, 6.07) is 2.92. The maximum absolute atomic E-state index is 9.97. The lowest BCUT2D eigenvalue weighted by molar-refractivity contribution is -0.355. The Morgan fingerprint density at radius 3 is 2.00 bits per heavy atom. The van der Waals surface area contributed by atoms with E-state index in [9.17, 15) is 40.5 Å². The summed E-state index contributed by atoms with van der Waals surface area (Å²) in [5.74, 6) is -1.06. The van der Waals surface area contributed by atoms with Gasteiger partial charge in [-0.05, 0) is 12.1 Å². The molecule has 3 rings (SSSR count). The van der Waals surface area contributed by atoms with Crippen LogP contribution in [0.5, 0.6) is 0 Å². The lowest BCUT2D eigenvalue weighted by Gasteiger charge is -2.45. The Bertz CT molecular complexity index is 664. The highest BCUT2D eigenvalue weighted by molar-refractivity contribution is 5.84. The topological polar surface area (TPSA) is 240 Å². The van der Waals surface area contributed by atoms with E-state index in [4.69, 9.17) is 24.4 Å². The number of furan rings is 1. The zero-order valence-corrected chi connectivity index (χ0v) is 16.0. The largest absolute Gasteiger partial charge is 0.475 e. The number of carboxylic acid groups (broad SMARTS) is 1. The van der Waals surface area contributed by atoms with E-state index in [-0.39, 0.29) is 5.76 Å². The maximum atomic E-state index is 9.97. The molecule has 2 aliphatic heterocycles. The molecule has 2 saturated heterocycles. The number of aliphatic hydroxyl groups excluding tert-OH is 8. The number of hydrogen-bond acceptors (Lipinski definition) is 13. The average molecular weight is 454 g/mol. The third-order valence-corrected chi connectivity index (χ3v) is 4.71. The number of rotatable bonds is 5. The van der Waals surface area contributed by atoms with Crippen LogP contribution in [0.2, 0.25) is 0 Å². The van der Waals surface area contributed by atoms with Crippen LogP contribution in [0.3, 0.4) is 0 Å². The molecule has 2 aliphatic rings. The van der Waals surface area contributed by atoms with Gasteiger partial charge in [0.05, 0.1) is 19.5 Å². The molecular formula is C17H26O14. The van der Waals surface area contributed by atoms with Crippen molar-refractivity contribution in [3.8, 4) is 0 Å². The lowest BCUT2D eigenvalue weighted by atomic mass is 9.97. The van der Waals surface area contributed by atoms with Gasteiger partial charge in [-0.3, -0.25) is 0 Å². The minimum atomic E-state index is -1.74. The standard InChI is InChI=1S/C12H22O11.C5H4O3/c13-1-3-5(15)6(16)9(19)12(22-3)23-10-4(2-14)21-11(20)8(18)7(10)17;6-5(7)4-2-1-3-8-4/h3-20H,1-2H2;1-3H,(H,6,7)/t3-,4-,5+,6+,7-,8-,9-,10-,11?,12+;/m1./s1. The first-order valence-corrected chi connectivity index (χ1v) is 9.15. The number of hydrogen-bond donors (Lipinski definition) is 9. The molecule has 0 bridgehead atoms. The first-order chi connectivity index (χ1) is 14.6. The lowest BCUT2D eigenvalue weighted by Crippen LogP contribution is -2.64. The minimum absolute atomic E-state index is 0.0231. The molecule has 14 heteroatoms. The van der Waals surface area contributed by atoms with Gasteiger partial charge in [0, 0.05) is 0 Å². The van der Waals surface area contributed by atoms with Gasteiger partial charge in [0.15, 0.2) is 12.6 Å². The van der Waals surface area contributed by atoms with Crippen LogP contribution in [-0.4, -0.2) is 127 Å². The molecule has 2 fully saturated rings. The first kappa shape index (κ1) is 25.6. The van der Waals surface area contributed by atoms with Gasteiger partial charge in [-0.1, -0.05) is 0 Å². The molecule has 0 amide bonds. The van der Waals surface area contributed by atoms with Gasteiger partial charge in [-0.25, -0.2) is 4.79 Å². The van der Waals surface area contributed by atoms with E-state index in [1.165, 1.54) is 18.4 Å². The minimum Gasteiger partial charge on any atom is -0.475 e. The van der Waals surface area contributed by atoms with Gasteiger partial charge in [0.2, 0.25) is 5.76 Å². The fourth-order valence-electron chi connectivity index (χ4n) is 2.97. The van der Waals surface area contributed by atoms with Crippen LogP contribution >= 0.6 is 0 Å². The van der Waals surface area contributed by atoms with Crippen LogP contribution in [0.1, 0.15) is 10.6 Å².